The van der Waals surface area contributed by atoms with Gasteiger partial charge in [0.1, 0.15) is 59.8 Å². The highest BCUT2D eigenvalue weighted by Gasteiger charge is 2.41. The number of aliphatic hydroxyl groups is 1. The van der Waals surface area contributed by atoms with E-state index in [0.29, 0.717) is 35.5 Å². The summed E-state index contributed by atoms with van der Waals surface area (Å²) in [5.74, 6) is -9.81. The predicted molar refractivity (Wildman–Crippen MR) is 287 cm³/mol. The smallest absolute Gasteiger partial charge is 0.326 e. The summed E-state index contributed by atoms with van der Waals surface area (Å²) < 4.78 is 0. The molecule has 0 saturated carbocycles. The summed E-state index contributed by atoms with van der Waals surface area (Å²) in [5.41, 5.74) is 6.69. The molecule has 10 atom stereocenters. The number of nitrogens with two attached hydrogens (primary N) is 1. The maximum atomic E-state index is 14.6. The van der Waals surface area contributed by atoms with Crippen molar-refractivity contribution in [2.45, 2.75) is 133 Å². The third-order valence-electron chi connectivity index (χ3n) is 12.9. The van der Waals surface area contributed by atoms with Crippen molar-refractivity contribution >= 4 is 82.7 Å². The van der Waals surface area contributed by atoms with Gasteiger partial charge < -0.3 is 73.4 Å². The molecule has 2 aromatic carbocycles. The fraction of sp³-hybridized carbons (Fsp3) is 0.569. The average molecular weight is 1120 g/mol. The molecule has 3 rings (SSSR count). The lowest BCUT2D eigenvalue weighted by Crippen LogP contribution is -2.61. The Morgan fingerprint density at radius 2 is 1.08 bits per heavy atom. The third-order valence-corrected chi connectivity index (χ3v) is 14.2. The van der Waals surface area contributed by atoms with Gasteiger partial charge in [0.2, 0.25) is 47.3 Å². The fourth-order valence-electron chi connectivity index (χ4n) is 8.21. The largest absolute Gasteiger partial charge is 0.508 e. The van der Waals surface area contributed by atoms with E-state index in [4.69, 9.17) is 10.8 Å². The van der Waals surface area contributed by atoms with E-state index in [2.05, 4.69) is 37.2 Å². The van der Waals surface area contributed by atoms with Crippen molar-refractivity contribution in [1.82, 2.24) is 42.1 Å². The molecule has 26 heteroatoms. The minimum absolute atomic E-state index is 0.00126. The summed E-state index contributed by atoms with van der Waals surface area (Å²) in [5, 5.41) is 67.0. The van der Waals surface area contributed by atoms with E-state index in [1.54, 1.807) is 40.2 Å². The number of aliphatic carboxylic acids is 2. The SMILES string of the molecule is CC[C@H](C)[C@H](NC(=O)[C@@H]1CCCN1C(=O)[C@H](CCSC)NC(=O)[C@@H](N)CC(=O)O)C(=O)N[C@@H](Cc1ccc(O)cc1)C(=O)N[C@@H](CCSC)C(=O)N[C@@H](Cc1ccc(O)cc1)C(=O)N[C@@H](CO)C(=O)N[C@H](C(=O)O)C(C)C. The first kappa shape index (κ1) is 64.6. The van der Waals surface area contributed by atoms with Crippen LogP contribution in [0.3, 0.4) is 0 Å². The fourth-order valence-corrected chi connectivity index (χ4v) is 9.15. The summed E-state index contributed by atoms with van der Waals surface area (Å²) in [6, 6.07) is -0.769. The molecule has 1 aliphatic heterocycles. The molecule has 1 saturated heterocycles. The van der Waals surface area contributed by atoms with Crippen molar-refractivity contribution in [1.29, 1.82) is 0 Å². The lowest BCUT2D eigenvalue weighted by atomic mass is 9.96. The summed E-state index contributed by atoms with van der Waals surface area (Å²) in [7, 11) is 0. The number of aromatic hydroxyl groups is 2. The summed E-state index contributed by atoms with van der Waals surface area (Å²) in [6.07, 6.45) is 3.59. The normalized spacial score (nSPS) is 16.7. The van der Waals surface area contributed by atoms with Crippen molar-refractivity contribution < 1.29 is 73.5 Å². The van der Waals surface area contributed by atoms with Gasteiger partial charge in [-0.05, 0) is 96.9 Å². The Hall–Kier alpha value is -6.64. The lowest BCUT2D eigenvalue weighted by Gasteiger charge is -2.32. The van der Waals surface area contributed by atoms with Crippen LogP contribution in [0.5, 0.6) is 11.5 Å². The van der Waals surface area contributed by atoms with Gasteiger partial charge in [0.05, 0.1) is 19.1 Å². The standard InChI is InChI=1S/C51H75N9O15S2/c1-7-28(4)42(59-48(71)39-9-8-20-60(39)50(73)35(19-22-77-6)54-43(66)33(52)25-40(64)65)49(72)56-37(24-30-12-16-32(63)17-13-30)45(68)53-34(18-21-76-5)44(67)55-36(23-29-10-14-31(62)15-11-29)46(69)57-38(26-61)47(70)58-41(27(2)3)51(74)75/h10-17,27-28,33-39,41-42,61-63H,7-9,18-26,52H2,1-6H3,(H,53,68)(H,54,66)(H,55,67)(H,56,72)(H,57,69)(H,58,70)(H,59,71)(H,64,65)(H,74,75)/t28-,33-,34-,35-,36-,37-,38-,39-,41-,42-/m0/s1. The van der Waals surface area contributed by atoms with Gasteiger partial charge in [0, 0.05) is 19.4 Å². The van der Waals surface area contributed by atoms with Crippen LogP contribution in [-0.4, -0.2) is 181 Å². The van der Waals surface area contributed by atoms with Crippen LogP contribution in [0.15, 0.2) is 48.5 Å². The highest BCUT2D eigenvalue weighted by Crippen LogP contribution is 2.22. The van der Waals surface area contributed by atoms with Crippen LogP contribution >= 0.6 is 23.5 Å². The minimum atomic E-state index is -1.65. The molecule has 77 heavy (non-hydrogen) atoms. The van der Waals surface area contributed by atoms with E-state index in [9.17, 15) is 68.4 Å². The summed E-state index contributed by atoms with van der Waals surface area (Å²) >= 11 is 2.74. The summed E-state index contributed by atoms with van der Waals surface area (Å²) in [6.45, 7) is 5.77. The molecule has 0 bridgehead atoms. The first-order valence-electron chi connectivity index (χ1n) is 25.2. The van der Waals surface area contributed by atoms with E-state index in [0.717, 1.165) is 0 Å². The van der Waals surface area contributed by atoms with Gasteiger partial charge in [-0.25, -0.2) is 4.79 Å². The van der Waals surface area contributed by atoms with Crippen molar-refractivity contribution in [3.05, 3.63) is 59.7 Å². The molecular formula is C51H75N9O15S2. The maximum Gasteiger partial charge on any atom is 0.326 e. The monoisotopic (exact) mass is 1120 g/mol. The number of phenols is 2. The van der Waals surface area contributed by atoms with Gasteiger partial charge in [-0.15, -0.1) is 0 Å². The van der Waals surface area contributed by atoms with Crippen LogP contribution in [0.25, 0.3) is 0 Å². The number of likely N-dealkylation sites (tertiary alicyclic amines) is 1. The Labute approximate surface area is 455 Å². The van der Waals surface area contributed by atoms with Crippen LogP contribution in [-0.2, 0) is 60.8 Å². The second kappa shape index (κ2) is 32.2. The predicted octanol–water partition coefficient (Wildman–Crippen LogP) is -0.645. The Bertz CT molecular complexity index is 2350. The molecule has 14 N–H and O–H groups in total. The van der Waals surface area contributed by atoms with Crippen LogP contribution < -0.4 is 43.0 Å². The number of rotatable bonds is 32. The molecule has 0 aliphatic carbocycles. The van der Waals surface area contributed by atoms with Gasteiger partial charge in [-0.2, -0.15) is 23.5 Å². The van der Waals surface area contributed by atoms with Crippen LogP contribution in [0, 0.1) is 11.8 Å². The highest BCUT2D eigenvalue weighted by molar-refractivity contribution is 7.98. The highest BCUT2D eigenvalue weighted by atomic mass is 32.2. The van der Waals surface area contributed by atoms with Crippen LogP contribution in [0.1, 0.15) is 77.3 Å². The number of benzene rings is 2. The molecule has 1 fully saturated rings. The number of aliphatic hydroxyl groups excluding tert-OH is 1. The number of hydrogen-bond donors (Lipinski definition) is 13. The van der Waals surface area contributed by atoms with Gasteiger partial charge in [-0.1, -0.05) is 58.4 Å². The molecule has 24 nitrogen and oxygen atoms in total. The number of carboxylic acids is 2. The second-order valence-electron chi connectivity index (χ2n) is 19.1. The van der Waals surface area contributed by atoms with Gasteiger partial charge in [0.25, 0.3) is 0 Å². The molecule has 2 aromatic rings. The molecule has 426 valence electrons. The van der Waals surface area contributed by atoms with Crippen LogP contribution in [0.2, 0.25) is 0 Å². The number of carboxylic acid groups (broad SMARTS) is 2. The van der Waals surface area contributed by atoms with Crippen molar-refractivity contribution in [2.24, 2.45) is 17.6 Å². The molecule has 0 unspecified atom stereocenters. The maximum absolute atomic E-state index is 14.6. The van der Waals surface area contributed by atoms with Gasteiger partial charge >= 0.3 is 11.9 Å². The summed E-state index contributed by atoms with van der Waals surface area (Å²) in [4.78, 5) is 136. The molecule has 0 spiro atoms. The van der Waals surface area contributed by atoms with Gasteiger partial charge in [-0.3, -0.25) is 43.2 Å². The van der Waals surface area contributed by atoms with E-state index >= 15 is 0 Å². The van der Waals surface area contributed by atoms with Crippen LogP contribution in [0.4, 0.5) is 0 Å². The average Bonchev–Trinajstić information content (AvgIpc) is 3.89. The number of carbonyl (C=O) groups is 10. The van der Waals surface area contributed by atoms with Crippen molar-refractivity contribution in [3.8, 4) is 11.5 Å². The zero-order valence-electron chi connectivity index (χ0n) is 44.1. The van der Waals surface area contributed by atoms with Gasteiger partial charge in [0.15, 0.2) is 0 Å². The number of nitrogens with one attached hydrogen (secondary N) is 7. The molecule has 0 aromatic heterocycles. The number of amides is 8. The lowest BCUT2D eigenvalue weighted by molar-refractivity contribution is -0.144. The topological polar surface area (TPSA) is 385 Å². The first-order chi connectivity index (χ1) is 36.4. The Morgan fingerprint density at radius 1 is 0.623 bits per heavy atom. The van der Waals surface area contributed by atoms with Crippen molar-refractivity contribution in [3.63, 3.8) is 0 Å². The minimum Gasteiger partial charge on any atom is -0.508 e. The Kier molecular flexibility index (Phi) is 27.0. The zero-order chi connectivity index (χ0) is 57.5. The molecular weight excluding hydrogens is 1040 g/mol. The number of phenolic OH excluding ortho intramolecular Hbond substituents is 2. The number of nitrogens with zero attached hydrogens (tertiary/aromatic N) is 1. The second-order valence-corrected chi connectivity index (χ2v) is 21.1. The Balaban J connectivity index is 1.94. The quantitative estimate of drug-likeness (QED) is 0.0433. The van der Waals surface area contributed by atoms with E-state index in [1.807, 2.05) is 0 Å². The van der Waals surface area contributed by atoms with E-state index < -0.39 is 138 Å². The molecule has 1 heterocycles. The van der Waals surface area contributed by atoms with E-state index in [-0.39, 0.29) is 50.1 Å². The Morgan fingerprint density at radius 3 is 1.55 bits per heavy atom. The zero-order valence-corrected chi connectivity index (χ0v) is 45.7. The van der Waals surface area contributed by atoms with E-state index in [1.165, 1.54) is 77.0 Å². The number of thioether (sulfide) groups is 2. The third kappa shape index (κ3) is 20.7. The molecule has 1 aliphatic rings. The van der Waals surface area contributed by atoms with Crippen molar-refractivity contribution in [2.75, 3.05) is 37.2 Å². The first-order valence-corrected chi connectivity index (χ1v) is 28.0. The molecule has 8 amide bonds. The number of carbonyl (C=O) groups excluding carboxylic acids is 8. The molecule has 0 radical (unpaired) electrons. The number of hydrogen-bond acceptors (Lipinski definition) is 16.